The van der Waals surface area contributed by atoms with E-state index >= 15 is 0 Å². The molecule has 4 nitrogen and oxygen atoms in total. The Morgan fingerprint density at radius 1 is 1.35 bits per heavy atom. The lowest BCUT2D eigenvalue weighted by atomic mass is 9.96. The summed E-state index contributed by atoms with van der Waals surface area (Å²) in [5.41, 5.74) is 7.29. The lowest BCUT2D eigenvalue weighted by Gasteiger charge is -2.22. The van der Waals surface area contributed by atoms with E-state index in [2.05, 4.69) is 10.3 Å². The lowest BCUT2D eigenvalue weighted by molar-refractivity contribution is -0.126. The first-order valence-corrected chi connectivity index (χ1v) is 8.34. The Morgan fingerprint density at radius 2 is 2.00 bits per heavy atom. The summed E-state index contributed by atoms with van der Waals surface area (Å²) in [4.78, 5) is 17.8. The second-order valence-electron chi connectivity index (χ2n) is 5.74. The third kappa shape index (κ3) is 5.03. The van der Waals surface area contributed by atoms with E-state index in [4.69, 9.17) is 5.73 Å². The van der Waals surface area contributed by atoms with Crippen LogP contribution >= 0.6 is 23.7 Å². The van der Waals surface area contributed by atoms with Gasteiger partial charge in [0.05, 0.1) is 17.8 Å². The van der Waals surface area contributed by atoms with Gasteiger partial charge < -0.3 is 11.1 Å². The summed E-state index contributed by atoms with van der Waals surface area (Å²) < 4.78 is 0. The summed E-state index contributed by atoms with van der Waals surface area (Å²) >= 11 is 1.61. The Bertz CT molecular complexity index is 641. The third-order valence-electron chi connectivity index (χ3n) is 3.61. The monoisotopic (exact) mass is 353 g/mol. The SMILES string of the molecule is CCCC(C)(N)C(=O)NCc1sc(-c2ccccc2)nc1C.Cl. The fraction of sp³-hybridized carbons (Fsp3) is 0.412. The molecule has 3 N–H and O–H groups in total. The average Bonchev–Trinajstić information content (AvgIpc) is 2.87. The molecule has 6 heteroatoms. The molecule has 0 radical (unpaired) electrons. The van der Waals surface area contributed by atoms with E-state index in [9.17, 15) is 4.79 Å². The molecule has 23 heavy (non-hydrogen) atoms. The molecule has 1 aromatic carbocycles. The smallest absolute Gasteiger partial charge is 0.240 e. The van der Waals surface area contributed by atoms with Crippen LogP contribution in [-0.2, 0) is 11.3 Å². The van der Waals surface area contributed by atoms with Gasteiger partial charge in [0.15, 0.2) is 0 Å². The van der Waals surface area contributed by atoms with Crippen molar-refractivity contribution in [3.63, 3.8) is 0 Å². The fourth-order valence-corrected chi connectivity index (χ4v) is 3.30. The maximum atomic E-state index is 12.2. The molecule has 0 spiro atoms. The first kappa shape index (κ1) is 19.6. The number of nitrogens with one attached hydrogen (secondary N) is 1. The van der Waals surface area contributed by atoms with E-state index in [1.807, 2.05) is 44.2 Å². The van der Waals surface area contributed by atoms with Crippen LogP contribution in [0.2, 0.25) is 0 Å². The van der Waals surface area contributed by atoms with Gasteiger partial charge in [0.25, 0.3) is 0 Å². The second-order valence-corrected chi connectivity index (χ2v) is 6.83. The van der Waals surface area contributed by atoms with E-state index in [-0.39, 0.29) is 18.3 Å². The molecule has 1 amide bonds. The Balaban J connectivity index is 0.00000264. The van der Waals surface area contributed by atoms with Crippen molar-refractivity contribution >= 4 is 29.7 Å². The number of nitrogens with zero attached hydrogens (tertiary/aromatic N) is 1. The number of carbonyl (C=O) groups is 1. The number of benzene rings is 1. The van der Waals surface area contributed by atoms with Crippen molar-refractivity contribution in [3.8, 4) is 10.6 Å². The molecule has 126 valence electrons. The van der Waals surface area contributed by atoms with Crippen molar-refractivity contribution in [1.82, 2.24) is 10.3 Å². The molecular weight excluding hydrogens is 330 g/mol. The number of thiazole rings is 1. The van der Waals surface area contributed by atoms with Crippen molar-refractivity contribution in [1.29, 1.82) is 0 Å². The zero-order valence-electron chi connectivity index (χ0n) is 13.8. The van der Waals surface area contributed by atoms with E-state index in [0.717, 1.165) is 27.6 Å². The standard InChI is InChI=1S/C17H23N3OS.ClH/c1-4-10-17(3,18)16(21)19-11-14-12(2)20-15(22-14)13-8-6-5-7-9-13;/h5-9H,4,10-11,18H2,1-3H3,(H,19,21);1H. The molecule has 1 unspecified atom stereocenters. The average molecular weight is 354 g/mol. The van der Waals surface area contributed by atoms with Crippen LogP contribution in [0.15, 0.2) is 30.3 Å². The van der Waals surface area contributed by atoms with Crippen LogP contribution in [0.4, 0.5) is 0 Å². The second kappa shape index (κ2) is 8.43. The fourth-order valence-electron chi connectivity index (χ4n) is 2.29. The quantitative estimate of drug-likeness (QED) is 0.832. The van der Waals surface area contributed by atoms with E-state index in [1.165, 1.54) is 0 Å². The van der Waals surface area contributed by atoms with Gasteiger partial charge in [-0.05, 0) is 20.3 Å². The maximum absolute atomic E-state index is 12.2. The van der Waals surface area contributed by atoms with Crippen LogP contribution in [0.5, 0.6) is 0 Å². The van der Waals surface area contributed by atoms with Crippen LogP contribution in [0, 0.1) is 6.92 Å². The number of nitrogens with two attached hydrogens (primary N) is 1. The summed E-state index contributed by atoms with van der Waals surface area (Å²) in [6.45, 7) is 6.25. The Morgan fingerprint density at radius 3 is 2.61 bits per heavy atom. The number of aromatic nitrogens is 1. The van der Waals surface area contributed by atoms with Crippen LogP contribution < -0.4 is 11.1 Å². The van der Waals surface area contributed by atoms with Gasteiger partial charge in [-0.25, -0.2) is 4.98 Å². The van der Waals surface area contributed by atoms with Crippen LogP contribution in [0.3, 0.4) is 0 Å². The zero-order chi connectivity index (χ0) is 16.2. The number of rotatable bonds is 6. The first-order valence-electron chi connectivity index (χ1n) is 7.53. The molecule has 2 aromatic rings. The molecule has 0 bridgehead atoms. The summed E-state index contributed by atoms with van der Waals surface area (Å²) in [6, 6.07) is 10.1. The van der Waals surface area contributed by atoms with Gasteiger partial charge in [0.2, 0.25) is 5.91 Å². The predicted molar refractivity (Wildman–Crippen MR) is 98.9 cm³/mol. The number of aryl methyl sites for hydroxylation is 1. The van der Waals surface area contributed by atoms with Gasteiger partial charge in [-0.1, -0.05) is 43.7 Å². The molecule has 0 saturated carbocycles. The third-order valence-corrected chi connectivity index (χ3v) is 4.82. The molecular formula is C17H24ClN3OS. The molecule has 0 aliphatic heterocycles. The van der Waals surface area contributed by atoms with Gasteiger partial charge in [-0.3, -0.25) is 4.79 Å². The van der Waals surface area contributed by atoms with Crippen LogP contribution in [0.25, 0.3) is 10.6 Å². The normalized spacial score (nSPS) is 13.0. The molecule has 1 atom stereocenters. The summed E-state index contributed by atoms with van der Waals surface area (Å²) in [5.74, 6) is -0.108. The molecule has 0 aliphatic rings. The highest BCUT2D eigenvalue weighted by Crippen LogP contribution is 2.27. The highest BCUT2D eigenvalue weighted by atomic mass is 35.5. The number of hydrogen-bond acceptors (Lipinski definition) is 4. The molecule has 1 heterocycles. The minimum atomic E-state index is -0.810. The summed E-state index contributed by atoms with van der Waals surface area (Å²) in [5, 5.41) is 3.91. The van der Waals surface area contributed by atoms with Crippen molar-refractivity contribution in [3.05, 3.63) is 40.9 Å². The summed E-state index contributed by atoms with van der Waals surface area (Å²) in [7, 11) is 0. The van der Waals surface area contributed by atoms with E-state index in [0.29, 0.717) is 13.0 Å². The Labute approximate surface area is 147 Å². The van der Waals surface area contributed by atoms with E-state index in [1.54, 1.807) is 18.3 Å². The molecule has 1 aromatic heterocycles. The minimum absolute atomic E-state index is 0. The molecule has 0 aliphatic carbocycles. The van der Waals surface area contributed by atoms with Gasteiger partial charge >= 0.3 is 0 Å². The molecule has 0 fully saturated rings. The number of halogens is 1. The van der Waals surface area contributed by atoms with Crippen molar-refractivity contribution in [2.75, 3.05) is 0 Å². The maximum Gasteiger partial charge on any atom is 0.240 e. The summed E-state index contributed by atoms with van der Waals surface area (Å²) in [6.07, 6.45) is 1.56. The first-order chi connectivity index (χ1) is 10.4. The Kier molecular flexibility index (Phi) is 7.19. The highest BCUT2D eigenvalue weighted by Gasteiger charge is 2.27. The number of carbonyl (C=O) groups excluding carboxylic acids is 1. The lowest BCUT2D eigenvalue weighted by Crippen LogP contribution is -2.51. The number of hydrogen-bond donors (Lipinski definition) is 2. The largest absolute Gasteiger partial charge is 0.350 e. The highest BCUT2D eigenvalue weighted by molar-refractivity contribution is 7.15. The Hall–Kier alpha value is -1.43. The molecule has 0 saturated heterocycles. The number of amides is 1. The van der Waals surface area contributed by atoms with Gasteiger partial charge in [0.1, 0.15) is 5.01 Å². The minimum Gasteiger partial charge on any atom is -0.350 e. The predicted octanol–water partition coefficient (Wildman–Crippen LogP) is 3.67. The van der Waals surface area contributed by atoms with Gasteiger partial charge in [-0.2, -0.15) is 0 Å². The van der Waals surface area contributed by atoms with Crippen LogP contribution in [-0.4, -0.2) is 16.4 Å². The topological polar surface area (TPSA) is 68.0 Å². The van der Waals surface area contributed by atoms with Crippen LogP contribution in [0.1, 0.15) is 37.3 Å². The van der Waals surface area contributed by atoms with Crippen molar-refractivity contribution in [2.45, 2.75) is 45.7 Å². The molecule has 2 rings (SSSR count). The van der Waals surface area contributed by atoms with Crippen molar-refractivity contribution < 1.29 is 4.79 Å². The van der Waals surface area contributed by atoms with Gasteiger partial charge in [-0.15, -0.1) is 23.7 Å². The van der Waals surface area contributed by atoms with E-state index < -0.39 is 5.54 Å². The van der Waals surface area contributed by atoms with Crippen molar-refractivity contribution in [2.24, 2.45) is 5.73 Å². The zero-order valence-corrected chi connectivity index (χ0v) is 15.4. The van der Waals surface area contributed by atoms with Gasteiger partial charge in [0, 0.05) is 10.4 Å².